The summed E-state index contributed by atoms with van der Waals surface area (Å²) in [6, 6.07) is 8.47. The molecule has 0 saturated heterocycles. The minimum absolute atomic E-state index is 0.0158. The summed E-state index contributed by atoms with van der Waals surface area (Å²) in [6.07, 6.45) is 4.65. The molecule has 0 spiro atoms. The van der Waals surface area contributed by atoms with Crippen molar-refractivity contribution < 1.29 is 26.4 Å². The lowest BCUT2D eigenvalue weighted by Gasteiger charge is -2.13. The largest absolute Gasteiger partial charge is 0.440 e. The van der Waals surface area contributed by atoms with Crippen LogP contribution >= 0.6 is 0 Å². The molecular weight excluding hydrogens is 480 g/mol. The number of nitrogens with one attached hydrogen (secondary N) is 2. The van der Waals surface area contributed by atoms with Crippen LogP contribution in [0.1, 0.15) is 23.6 Å². The third kappa shape index (κ3) is 6.19. The Morgan fingerprint density at radius 3 is 2.71 bits per heavy atom. The van der Waals surface area contributed by atoms with Gasteiger partial charge >= 0.3 is 5.63 Å². The quantitative estimate of drug-likeness (QED) is 0.243. The van der Waals surface area contributed by atoms with Gasteiger partial charge < -0.3 is 9.15 Å². The van der Waals surface area contributed by atoms with Crippen LogP contribution in [0.3, 0.4) is 0 Å². The van der Waals surface area contributed by atoms with E-state index in [1.807, 2.05) is 16.4 Å². The third-order valence-electron chi connectivity index (χ3n) is 4.92. The van der Waals surface area contributed by atoms with Crippen LogP contribution in [-0.2, 0) is 23.3 Å². The van der Waals surface area contributed by atoms with Gasteiger partial charge in [-0.3, -0.25) is 4.72 Å². The fraction of sp³-hybridized carbons (Fsp3) is 0.167. The average Bonchev–Trinajstić information content (AvgIpc) is 2.82. The fourth-order valence-corrected chi connectivity index (χ4v) is 3.78. The van der Waals surface area contributed by atoms with Gasteiger partial charge in [-0.25, -0.2) is 23.3 Å². The number of fused-ring (bicyclic) bond motifs is 1. The van der Waals surface area contributed by atoms with E-state index in [9.17, 15) is 22.0 Å². The maximum atomic E-state index is 15.0. The van der Waals surface area contributed by atoms with Gasteiger partial charge in [0.25, 0.3) is 10.2 Å². The molecule has 0 aliphatic rings. The average molecular weight is 504 g/mol. The van der Waals surface area contributed by atoms with E-state index < -0.39 is 28.3 Å². The first kappa shape index (κ1) is 25.8. The molecule has 0 atom stereocenters. The first-order valence-corrected chi connectivity index (χ1v) is 11.8. The number of aliphatic imine (C=N–C) groups is 1. The molecular formula is C24H23F2N3O5S. The van der Waals surface area contributed by atoms with Gasteiger partial charge in [0.1, 0.15) is 18.0 Å². The fourth-order valence-electron chi connectivity index (χ4n) is 3.23. The number of rotatable bonds is 10. The van der Waals surface area contributed by atoms with E-state index in [0.29, 0.717) is 5.39 Å². The van der Waals surface area contributed by atoms with Gasteiger partial charge in [0.05, 0.1) is 5.69 Å². The second-order valence-corrected chi connectivity index (χ2v) is 8.82. The zero-order chi connectivity index (χ0) is 25.6. The number of hydrogen-bond acceptors (Lipinski definition) is 6. The molecule has 35 heavy (non-hydrogen) atoms. The monoisotopic (exact) mass is 503 g/mol. The van der Waals surface area contributed by atoms with Gasteiger partial charge in [0, 0.05) is 42.3 Å². The standard InChI is InChI=1S/C24H23F2N3O5S/c1-4-5-11-28-15(2)33-17-9-10-18-20(14-25)19(24(30)34-22(18)13-17)12-16-7-6-8-21(23(16)26)29-35(31,32)27-3/h4-11,13,27,29H,2,12,14H2,1,3H3/b5-4-,28-11?. The minimum Gasteiger partial charge on any atom is -0.440 e. The molecule has 0 aliphatic heterocycles. The Bertz CT molecular complexity index is 1480. The number of allylic oxidation sites excluding steroid dienone is 2. The lowest BCUT2D eigenvalue weighted by Crippen LogP contribution is -2.27. The molecule has 8 nitrogen and oxygen atoms in total. The number of ether oxygens (including phenoxy) is 1. The molecule has 1 aromatic heterocycles. The highest BCUT2D eigenvalue weighted by molar-refractivity contribution is 7.90. The van der Waals surface area contributed by atoms with Gasteiger partial charge in [0.2, 0.25) is 5.88 Å². The Morgan fingerprint density at radius 2 is 2.03 bits per heavy atom. The minimum atomic E-state index is -3.96. The maximum Gasteiger partial charge on any atom is 0.340 e. The van der Waals surface area contributed by atoms with Crippen molar-refractivity contribution >= 4 is 33.1 Å². The number of alkyl halides is 1. The van der Waals surface area contributed by atoms with E-state index in [4.69, 9.17) is 9.15 Å². The van der Waals surface area contributed by atoms with Gasteiger partial charge in [-0.05, 0) is 43.3 Å². The summed E-state index contributed by atoms with van der Waals surface area (Å²) < 4.78 is 67.4. The summed E-state index contributed by atoms with van der Waals surface area (Å²) in [5, 5.41) is 0.310. The highest BCUT2D eigenvalue weighted by atomic mass is 32.2. The highest BCUT2D eigenvalue weighted by Gasteiger charge is 2.19. The molecule has 184 valence electrons. The number of nitrogens with zero attached hydrogens (tertiary/aromatic N) is 1. The summed E-state index contributed by atoms with van der Waals surface area (Å²) >= 11 is 0. The summed E-state index contributed by atoms with van der Waals surface area (Å²) in [5.74, 6) is -0.524. The SMILES string of the molecule is C=C(N=C/C=C\C)Oc1ccc2c(CF)c(Cc3cccc(NS(=O)(=O)NC)c3F)c(=O)oc2c1. The predicted molar refractivity (Wildman–Crippen MR) is 131 cm³/mol. The zero-order valence-corrected chi connectivity index (χ0v) is 19.8. The number of benzene rings is 2. The summed E-state index contributed by atoms with van der Waals surface area (Å²) in [5.41, 5.74) is -1.16. The van der Waals surface area contributed by atoms with Gasteiger partial charge in [0.15, 0.2) is 5.82 Å². The van der Waals surface area contributed by atoms with Crippen LogP contribution in [0.25, 0.3) is 11.0 Å². The van der Waals surface area contributed by atoms with E-state index in [2.05, 4.69) is 11.6 Å². The van der Waals surface area contributed by atoms with E-state index in [1.54, 1.807) is 12.2 Å². The van der Waals surface area contributed by atoms with E-state index in [-0.39, 0.29) is 46.0 Å². The lowest BCUT2D eigenvalue weighted by atomic mass is 9.98. The normalized spacial score (nSPS) is 12.0. The second-order valence-electron chi connectivity index (χ2n) is 7.20. The Kier molecular flexibility index (Phi) is 8.15. The zero-order valence-electron chi connectivity index (χ0n) is 19.0. The number of anilines is 1. The van der Waals surface area contributed by atoms with Crippen molar-refractivity contribution in [2.75, 3.05) is 11.8 Å². The summed E-state index contributed by atoms with van der Waals surface area (Å²) in [4.78, 5) is 16.7. The molecule has 0 bridgehead atoms. The highest BCUT2D eigenvalue weighted by Crippen LogP contribution is 2.28. The van der Waals surface area contributed by atoms with Crippen molar-refractivity contribution in [1.29, 1.82) is 0 Å². The molecule has 2 aromatic carbocycles. The molecule has 0 fully saturated rings. The molecule has 0 radical (unpaired) electrons. The topological polar surface area (TPSA) is 110 Å². The van der Waals surface area contributed by atoms with Crippen molar-refractivity contribution in [3.8, 4) is 5.75 Å². The van der Waals surface area contributed by atoms with Crippen molar-refractivity contribution in [2.24, 2.45) is 4.99 Å². The van der Waals surface area contributed by atoms with Crippen LogP contribution in [0, 0.1) is 5.82 Å². The van der Waals surface area contributed by atoms with Crippen LogP contribution < -0.4 is 19.8 Å². The maximum absolute atomic E-state index is 15.0. The van der Waals surface area contributed by atoms with E-state index in [1.165, 1.54) is 49.7 Å². The molecule has 11 heteroatoms. The van der Waals surface area contributed by atoms with Crippen LogP contribution in [0.15, 0.2) is 75.2 Å². The van der Waals surface area contributed by atoms with Gasteiger partial charge in [-0.1, -0.05) is 18.2 Å². The van der Waals surface area contributed by atoms with Crippen molar-refractivity contribution in [3.63, 3.8) is 0 Å². The Morgan fingerprint density at radius 1 is 1.26 bits per heavy atom. The Labute approximate surface area is 200 Å². The second kappa shape index (κ2) is 11.1. The van der Waals surface area contributed by atoms with Crippen LogP contribution in [-0.4, -0.2) is 21.7 Å². The number of halogens is 2. The van der Waals surface area contributed by atoms with E-state index >= 15 is 0 Å². The summed E-state index contributed by atoms with van der Waals surface area (Å²) in [6.45, 7) is 4.49. The molecule has 0 saturated carbocycles. The van der Waals surface area contributed by atoms with Crippen LogP contribution in [0.5, 0.6) is 5.75 Å². The van der Waals surface area contributed by atoms with Crippen molar-refractivity contribution in [2.45, 2.75) is 20.0 Å². The van der Waals surface area contributed by atoms with Crippen LogP contribution in [0.2, 0.25) is 0 Å². The molecule has 0 unspecified atom stereocenters. The van der Waals surface area contributed by atoms with Gasteiger partial charge in [-0.15, -0.1) is 0 Å². The van der Waals surface area contributed by atoms with Crippen LogP contribution in [0.4, 0.5) is 14.5 Å². The molecule has 0 aliphatic carbocycles. The first-order chi connectivity index (χ1) is 16.7. The summed E-state index contributed by atoms with van der Waals surface area (Å²) in [7, 11) is -2.80. The van der Waals surface area contributed by atoms with Gasteiger partial charge in [-0.2, -0.15) is 8.42 Å². The smallest absolute Gasteiger partial charge is 0.340 e. The molecule has 3 rings (SSSR count). The third-order valence-corrected chi connectivity index (χ3v) is 5.94. The molecule has 0 amide bonds. The predicted octanol–water partition coefficient (Wildman–Crippen LogP) is 4.37. The molecule has 1 heterocycles. The molecule has 3 aromatic rings. The Balaban J connectivity index is 1.98. The van der Waals surface area contributed by atoms with Crippen molar-refractivity contribution in [3.05, 3.63) is 93.9 Å². The lowest BCUT2D eigenvalue weighted by molar-refractivity contribution is 0.423. The Hall–Kier alpha value is -3.83. The number of hydrogen-bond donors (Lipinski definition) is 2. The van der Waals surface area contributed by atoms with Crippen molar-refractivity contribution in [1.82, 2.24) is 4.72 Å². The van der Waals surface area contributed by atoms with E-state index in [0.717, 1.165) is 0 Å². The molecule has 2 N–H and O–H groups in total. The first-order valence-electron chi connectivity index (χ1n) is 10.3.